The molecule has 0 spiro atoms. The molecule has 2 amide bonds. The average molecular weight is 383 g/mol. The molecule has 1 heterocycles. The highest BCUT2D eigenvalue weighted by atomic mass is 35.5. The van der Waals surface area contributed by atoms with Gasteiger partial charge in [-0.3, -0.25) is 9.59 Å². The maximum atomic E-state index is 13.1. The fourth-order valence-electron chi connectivity index (χ4n) is 2.85. The second kappa shape index (κ2) is 6.99. The van der Waals surface area contributed by atoms with Gasteiger partial charge < -0.3 is 10.2 Å². The lowest BCUT2D eigenvalue weighted by atomic mass is 10.00. The monoisotopic (exact) mass is 382 g/mol. The van der Waals surface area contributed by atoms with Crippen LogP contribution in [0.2, 0.25) is 5.02 Å². The Morgan fingerprint density at radius 1 is 1.08 bits per heavy atom. The summed E-state index contributed by atoms with van der Waals surface area (Å²) in [5.41, 5.74) is 0.407. The average Bonchev–Trinajstić information content (AvgIpc) is 2.61. The second-order valence-corrected chi connectivity index (χ2v) is 6.32. The van der Waals surface area contributed by atoms with E-state index in [0.717, 1.165) is 17.2 Å². The number of hydrogen-bond donors (Lipinski definition) is 1. The van der Waals surface area contributed by atoms with E-state index in [0.29, 0.717) is 19.0 Å². The van der Waals surface area contributed by atoms with Crippen LogP contribution in [0.25, 0.3) is 0 Å². The number of nitrogens with one attached hydrogen (secondary N) is 1. The molecule has 136 valence electrons. The normalized spacial score (nSPS) is 13.9. The Balaban J connectivity index is 1.76. The number of fused-ring (bicyclic) bond motifs is 1. The van der Waals surface area contributed by atoms with Gasteiger partial charge in [-0.25, -0.2) is 0 Å². The summed E-state index contributed by atoms with van der Waals surface area (Å²) in [6, 6.07) is 10.5. The Morgan fingerprint density at radius 3 is 2.46 bits per heavy atom. The molecule has 0 saturated carbocycles. The van der Waals surface area contributed by atoms with Crippen molar-refractivity contribution in [3.8, 4) is 0 Å². The fraction of sp³-hybridized carbons (Fsp3) is 0.222. The Morgan fingerprint density at radius 2 is 1.77 bits per heavy atom. The van der Waals surface area contributed by atoms with Crippen molar-refractivity contribution in [2.75, 3.05) is 11.9 Å². The first-order valence-electron chi connectivity index (χ1n) is 7.79. The topological polar surface area (TPSA) is 49.4 Å². The number of anilines is 1. The van der Waals surface area contributed by atoms with Crippen LogP contribution in [-0.2, 0) is 28.7 Å². The molecule has 0 bridgehead atoms. The zero-order valence-corrected chi connectivity index (χ0v) is 14.2. The third kappa shape index (κ3) is 3.83. The molecule has 0 aliphatic carbocycles. The van der Waals surface area contributed by atoms with Crippen LogP contribution in [0.4, 0.5) is 18.9 Å². The Bertz CT molecular complexity index is 868. The third-order valence-electron chi connectivity index (χ3n) is 4.15. The van der Waals surface area contributed by atoms with E-state index >= 15 is 0 Å². The van der Waals surface area contributed by atoms with Crippen molar-refractivity contribution in [2.24, 2.45) is 0 Å². The maximum absolute atomic E-state index is 13.1. The largest absolute Gasteiger partial charge is 0.418 e. The third-order valence-corrected chi connectivity index (χ3v) is 4.38. The van der Waals surface area contributed by atoms with E-state index in [2.05, 4.69) is 5.32 Å². The Kier molecular flexibility index (Phi) is 4.91. The first-order valence-corrected chi connectivity index (χ1v) is 8.17. The molecule has 2 aromatic carbocycles. The van der Waals surface area contributed by atoms with Crippen LogP contribution >= 0.6 is 11.6 Å². The number of carbonyl (C=O) groups is 2. The zero-order chi connectivity index (χ0) is 18.9. The minimum atomic E-state index is -4.71. The molecule has 26 heavy (non-hydrogen) atoms. The SMILES string of the molecule is O=C(Nc1ccc(Cl)cc1C(F)(F)F)C(=O)N1CCc2ccccc2C1. The van der Waals surface area contributed by atoms with Crippen LogP contribution in [0.15, 0.2) is 42.5 Å². The first kappa shape index (κ1) is 18.3. The molecule has 3 rings (SSSR count). The van der Waals surface area contributed by atoms with Gasteiger partial charge in [-0.1, -0.05) is 35.9 Å². The molecular formula is C18H14ClF3N2O2. The molecule has 1 N–H and O–H groups in total. The van der Waals surface area contributed by atoms with Crippen LogP contribution < -0.4 is 5.32 Å². The van der Waals surface area contributed by atoms with Gasteiger partial charge in [0, 0.05) is 18.1 Å². The zero-order valence-electron chi connectivity index (χ0n) is 13.4. The Labute approximate surface area is 152 Å². The minimum absolute atomic E-state index is 0.116. The lowest BCUT2D eigenvalue weighted by molar-refractivity contribution is -0.144. The van der Waals surface area contributed by atoms with Crippen molar-refractivity contribution < 1.29 is 22.8 Å². The number of alkyl halides is 3. The van der Waals surface area contributed by atoms with Gasteiger partial charge in [0.05, 0.1) is 11.3 Å². The molecule has 8 heteroatoms. The highest BCUT2D eigenvalue weighted by Crippen LogP contribution is 2.36. The summed E-state index contributed by atoms with van der Waals surface area (Å²) < 4.78 is 39.3. The summed E-state index contributed by atoms with van der Waals surface area (Å²) in [6.07, 6.45) is -4.12. The molecule has 0 atom stereocenters. The predicted molar refractivity (Wildman–Crippen MR) is 90.6 cm³/mol. The van der Waals surface area contributed by atoms with Crippen LogP contribution in [0.1, 0.15) is 16.7 Å². The summed E-state index contributed by atoms with van der Waals surface area (Å²) in [5, 5.41) is 1.94. The van der Waals surface area contributed by atoms with Crippen molar-refractivity contribution in [3.63, 3.8) is 0 Å². The summed E-state index contributed by atoms with van der Waals surface area (Å²) in [7, 11) is 0. The molecule has 0 unspecified atom stereocenters. The summed E-state index contributed by atoms with van der Waals surface area (Å²) in [4.78, 5) is 25.9. The summed E-state index contributed by atoms with van der Waals surface area (Å²) in [5.74, 6) is -1.99. The molecule has 2 aromatic rings. The molecule has 0 aromatic heterocycles. The standard InChI is InChI=1S/C18H14ClF3N2O2/c19-13-5-6-15(14(9-13)18(20,21)22)23-16(25)17(26)24-8-7-11-3-1-2-4-12(11)10-24/h1-6,9H,7-8,10H2,(H,23,25). The van der Waals surface area contributed by atoms with Crippen molar-refractivity contribution in [3.05, 3.63) is 64.2 Å². The first-order chi connectivity index (χ1) is 12.3. The van der Waals surface area contributed by atoms with Gasteiger partial charge in [0.1, 0.15) is 0 Å². The van der Waals surface area contributed by atoms with E-state index in [9.17, 15) is 22.8 Å². The molecule has 0 saturated heterocycles. The quantitative estimate of drug-likeness (QED) is 0.761. The second-order valence-electron chi connectivity index (χ2n) is 5.89. The lowest BCUT2D eigenvalue weighted by Crippen LogP contribution is -2.42. The molecule has 4 nitrogen and oxygen atoms in total. The van der Waals surface area contributed by atoms with E-state index in [4.69, 9.17) is 11.6 Å². The summed E-state index contributed by atoms with van der Waals surface area (Å²) in [6.45, 7) is 0.575. The van der Waals surface area contributed by atoms with Crippen molar-refractivity contribution >= 4 is 29.1 Å². The molecule has 1 aliphatic heterocycles. The van der Waals surface area contributed by atoms with Gasteiger partial charge in [0.25, 0.3) is 0 Å². The van der Waals surface area contributed by atoms with Crippen LogP contribution in [0.5, 0.6) is 0 Å². The van der Waals surface area contributed by atoms with Crippen molar-refractivity contribution in [2.45, 2.75) is 19.1 Å². The van der Waals surface area contributed by atoms with Crippen molar-refractivity contribution in [1.29, 1.82) is 0 Å². The van der Waals surface area contributed by atoms with Crippen LogP contribution in [0, 0.1) is 0 Å². The van der Waals surface area contributed by atoms with Gasteiger partial charge in [0.2, 0.25) is 0 Å². The fourth-order valence-corrected chi connectivity index (χ4v) is 3.02. The van der Waals surface area contributed by atoms with Gasteiger partial charge in [0.15, 0.2) is 0 Å². The molecule has 1 aliphatic rings. The lowest BCUT2D eigenvalue weighted by Gasteiger charge is -2.28. The minimum Gasteiger partial charge on any atom is -0.330 e. The van der Waals surface area contributed by atoms with E-state index < -0.39 is 29.2 Å². The predicted octanol–water partition coefficient (Wildman–Crippen LogP) is 3.88. The number of nitrogens with zero attached hydrogens (tertiary/aromatic N) is 1. The number of amides is 2. The van der Waals surface area contributed by atoms with Gasteiger partial charge in [-0.2, -0.15) is 13.2 Å². The number of benzene rings is 2. The van der Waals surface area contributed by atoms with E-state index in [1.54, 1.807) is 0 Å². The van der Waals surface area contributed by atoms with E-state index in [1.165, 1.54) is 11.0 Å². The van der Waals surface area contributed by atoms with E-state index in [1.807, 2.05) is 24.3 Å². The van der Waals surface area contributed by atoms with E-state index in [-0.39, 0.29) is 11.6 Å². The molecule has 0 radical (unpaired) electrons. The van der Waals surface area contributed by atoms with Crippen LogP contribution in [-0.4, -0.2) is 23.3 Å². The van der Waals surface area contributed by atoms with Gasteiger partial charge in [-0.15, -0.1) is 0 Å². The number of hydrogen-bond acceptors (Lipinski definition) is 2. The highest BCUT2D eigenvalue weighted by molar-refractivity contribution is 6.39. The summed E-state index contributed by atoms with van der Waals surface area (Å²) >= 11 is 5.60. The molecule has 0 fully saturated rings. The number of halogens is 4. The highest BCUT2D eigenvalue weighted by Gasteiger charge is 2.35. The van der Waals surface area contributed by atoms with Gasteiger partial charge >= 0.3 is 18.0 Å². The Hall–Kier alpha value is -2.54. The smallest absolute Gasteiger partial charge is 0.330 e. The van der Waals surface area contributed by atoms with Crippen LogP contribution in [0.3, 0.4) is 0 Å². The molecular weight excluding hydrogens is 369 g/mol. The maximum Gasteiger partial charge on any atom is 0.418 e. The number of carbonyl (C=O) groups excluding carboxylic acids is 2. The number of rotatable bonds is 1. The van der Waals surface area contributed by atoms with Crippen molar-refractivity contribution in [1.82, 2.24) is 4.90 Å². The van der Waals surface area contributed by atoms with Gasteiger partial charge in [-0.05, 0) is 35.7 Å².